The van der Waals surface area contributed by atoms with Crippen LogP contribution in [0.3, 0.4) is 0 Å². The Kier molecular flexibility index (Phi) is 12.1. The number of anilines is 3. The van der Waals surface area contributed by atoms with Crippen molar-refractivity contribution in [1.82, 2.24) is 39.8 Å². The highest BCUT2D eigenvalue weighted by Gasteiger charge is 2.31. The van der Waals surface area contributed by atoms with Crippen LogP contribution in [0.2, 0.25) is 0 Å². The first-order chi connectivity index (χ1) is 30.6. The van der Waals surface area contributed by atoms with Crippen molar-refractivity contribution in [2.75, 3.05) is 93.5 Å². The average molecular weight is 869 g/mol. The number of amides is 1. The van der Waals surface area contributed by atoms with Gasteiger partial charge in [0.25, 0.3) is 0 Å². The van der Waals surface area contributed by atoms with E-state index in [9.17, 15) is 18.5 Å². The van der Waals surface area contributed by atoms with Crippen molar-refractivity contribution in [2.24, 2.45) is 0 Å². The van der Waals surface area contributed by atoms with Crippen molar-refractivity contribution >= 4 is 54.9 Å². The van der Waals surface area contributed by atoms with Gasteiger partial charge in [0.1, 0.15) is 17.2 Å². The van der Waals surface area contributed by atoms with Gasteiger partial charge >= 0.3 is 0 Å². The van der Waals surface area contributed by atoms with Gasteiger partial charge in [-0.25, -0.2) is 18.4 Å². The lowest BCUT2D eigenvalue weighted by atomic mass is 9.87. The molecular weight excluding hydrogens is 813 g/mol. The van der Waals surface area contributed by atoms with Crippen molar-refractivity contribution in [2.45, 2.75) is 55.6 Å². The molecule has 0 spiro atoms. The number of fused-ring (bicyclic) bond motifs is 2. The Balaban J connectivity index is 0.000000160. The van der Waals surface area contributed by atoms with Gasteiger partial charge < -0.3 is 34.8 Å². The van der Waals surface area contributed by atoms with Gasteiger partial charge in [0.2, 0.25) is 5.91 Å². The Morgan fingerprint density at radius 1 is 0.825 bits per heavy atom. The number of rotatable bonds is 8. The molecule has 6 aromatic rings. The van der Waals surface area contributed by atoms with Gasteiger partial charge in [-0.2, -0.15) is 10.4 Å². The number of nitrogens with one attached hydrogen (secondary N) is 2. The predicted molar refractivity (Wildman–Crippen MR) is 248 cm³/mol. The lowest BCUT2D eigenvalue weighted by molar-refractivity contribution is -0.129. The number of hydrogen-bond donors (Lipinski definition) is 2. The van der Waals surface area contributed by atoms with Gasteiger partial charge in [0.05, 0.1) is 28.4 Å². The van der Waals surface area contributed by atoms with Gasteiger partial charge in [-0.15, -0.1) is 0 Å². The predicted octanol–water partition coefficient (Wildman–Crippen LogP) is 5.25. The number of carbonyl (C=O) groups is 1. The molecule has 1 aliphatic carbocycles. The van der Waals surface area contributed by atoms with E-state index in [2.05, 4.69) is 64.9 Å². The molecule has 4 fully saturated rings. The summed E-state index contributed by atoms with van der Waals surface area (Å²) in [5.74, 6) is 1.16. The number of benzene rings is 2. The number of sulfone groups is 1. The Hall–Kier alpha value is -6.02. The molecule has 7 heterocycles. The molecule has 63 heavy (non-hydrogen) atoms. The average Bonchev–Trinajstić information content (AvgIpc) is 3.91. The molecule has 2 aromatic carbocycles. The molecule has 3 saturated heterocycles. The van der Waals surface area contributed by atoms with Crippen molar-refractivity contribution in [1.29, 1.82) is 5.26 Å². The van der Waals surface area contributed by atoms with E-state index >= 15 is 0 Å². The topological polar surface area (TPSA) is 161 Å². The van der Waals surface area contributed by atoms with Crippen LogP contribution in [0, 0.1) is 11.3 Å². The summed E-state index contributed by atoms with van der Waals surface area (Å²) in [7, 11) is -1.17. The Bertz CT molecular complexity index is 2720. The molecule has 15 nitrogen and oxygen atoms in total. The van der Waals surface area contributed by atoms with Gasteiger partial charge in [-0.1, -0.05) is 12.1 Å². The van der Waals surface area contributed by atoms with E-state index in [4.69, 9.17) is 15.1 Å². The molecule has 4 aliphatic rings. The monoisotopic (exact) mass is 868 g/mol. The SMILES string of the molecule is CNC1CC(n2cc(C#N)c3ccc(-c4ccc(N5CCN(C(C)=O)CC5)cc4)nc32)C1.CS(=O)(=O)c1ccc(N2CCN(c3nccc4cnn(C5CCNCC5)c34)CC2)cc1. The maximum atomic E-state index is 11.7. The fourth-order valence-electron chi connectivity index (χ4n) is 9.45. The van der Waals surface area contributed by atoms with Crippen LogP contribution in [-0.2, 0) is 14.6 Å². The lowest BCUT2D eigenvalue weighted by Crippen LogP contribution is -2.48. The first-order valence-electron chi connectivity index (χ1n) is 22.1. The summed E-state index contributed by atoms with van der Waals surface area (Å²) in [6.07, 6.45) is 11.3. The molecule has 4 aromatic heterocycles. The van der Waals surface area contributed by atoms with Crippen molar-refractivity contribution in [3.8, 4) is 17.3 Å². The highest BCUT2D eigenvalue weighted by molar-refractivity contribution is 7.90. The third-order valence-electron chi connectivity index (χ3n) is 13.3. The molecular formula is C47H56N12O3S. The number of aromatic nitrogens is 5. The van der Waals surface area contributed by atoms with Crippen LogP contribution in [0.5, 0.6) is 0 Å². The first kappa shape index (κ1) is 42.3. The number of carbonyl (C=O) groups excluding carboxylic acids is 1. The first-order valence-corrected chi connectivity index (χ1v) is 24.0. The Morgan fingerprint density at radius 3 is 2.08 bits per heavy atom. The summed E-state index contributed by atoms with van der Waals surface area (Å²) in [6, 6.07) is 25.4. The van der Waals surface area contributed by atoms with Gasteiger partial charge in [0, 0.05) is 118 Å². The van der Waals surface area contributed by atoms with E-state index in [0.717, 1.165) is 136 Å². The third-order valence-corrected chi connectivity index (χ3v) is 14.4. The summed E-state index contributed by atoms with van der Waals surface area (Å²) in [4.78, 5) is 30.5. The molecule has 2 N–H and O–H groups in total. The number of piperazine rings is 2. The smallest absolute Gasteiger partial charge is 0.219 e. The fraction of sp³-hybridized carbons (Fsp3) is 0.426. The minimum absolute atomic E-state index is 0.147. The second-order valence-electron chi connectivity index (χ2n) is 17.2. The van der Waals surface area contributed by atoms with E-state index in [1.165, 1.54) is 11.9 Å². The maximum absolute atomic E-state index is 11.7. The van der Waals surface area contributed by atoms with Crippen LogP contribution in [0.1, 0.15) is 50.3 Å². The normalized spacial score (nSPS) is 19.7. The molecule has 0 atom stereocenters. The summed E-state index contributed by atoms with van der Waals surface area (Å²) in [5, 5.41) is 23.1. The van der Waals surface area contributed by atoms with E-state index in [0.29, 0.717) is 28.6 Å². The standard InChI is InChI=1S/C25H28N6O.C22H28N6O2S/c1-17(32)29-9-11-30(12-10-29)21-5-3-18(4-6-21)24-8-7-23-19(15-26)16-31(25(23)28-24)22-13-20(14-22)27-2;1-31(29,30)20-4-2-18(3-5-20)26-12-14-27(15-13-26)22-21-17(6-11-24-22)16-25-28(21)19-7-9-23-10-8-19/h3-8,16,20,22,27H,9-14H2,1-2H3;2-6,11,16,19,23H,7-10,12-15H2,1H3. The summed E-state index contributed by atoms with van der Waals surface area (Å²) < 4.78 is 27.8. The second-order valence-corrected chi connectivity index (χ2v) is 19.2. The molecule has 10 rings (SSSR count). The van der Waals surface area contributed by atoms with Crippen molar-refractivity contribution in [3.05, 3.63) is 90.9 Å². The van der Waals surface area contributed by atoms with E-state index in [1.807, 2.05) is 60.9 Å². The minimum atomic E-state index is -3.17. The zero-order chi connectivity index (χ0) is 43.7. The molecule has 3 aliphatic heterocycles. The number of piperidine rings is 1. The quantitative estimate of drug-likeness (QED) is 0.205. The Labute approximate surface area is 369 Å². The van der Waals surface area contributed by atoms with Gasteiger partial charge in [-0.3, -0.25) is 9.48 Å². The summed E-state index contributed by atoms with van der Waals surface area (Å²) in [6.45, 7) is 10.4. The molecule has 328 valence electrons. The van der Waals surface area contributed by atoms with Crippen molar-refractivity contribution < 1.29 is 13.2 Å². The number of pyridine rings is 2. The van der Waals surface area contributed by atoms with Crippen LogP contribution in [-0.4, -0.2) is 128 Å². The van der Waals surface area contributed by atoms with Crippen LogP contribution in [0.15, 0.2) is 90.2 Å². The van der Waals surface area contributed by atoms with Crippen LogP contribution >= 0.6 is 0 Å². The van der Waals surface area contributed by atoms with Gasteiger partial charge in [-0.05, 0) is 100 Å². The molecule has 1 amide bonds. The second kappa shape index (κ2) is 18.0. The molecule has 16 heteroatoms. The van der Waals surface area contributed by atoms with E-state index in [1.54, 1.807) is 19.1 Å². The fourth-order valence-corrected chi connectivity index (χ4v) is 10.1. The number of nitriles is 1. The van der Waals surface area contributed by atoms with E-state index < -0.39 is 9.84 Å². The zero-order valence-electron chi connectivity index (χ0n) is 36.3. The highest BCUT2D eigenvalue weighted by Crippen LogP contribution is 2.37. The summed E-state index contributed by atoms with van der Waals surface area (Å²) in [5.41, 5.74) is 6.92. The maximum Gasteiger partial charge on any atom is 0.219 e. The lowest BCUT2D eigenvalue weighted by Gasteiger charge is -2.37. The zero-order valence-corrected chi connectivity index (χ0v) is 37.1. The minimum Gasteiger partial charge on any atom is -0.368 e. The van der Waals surface area contributed by atoms with Crippen LogP contribution in [0.4, 0.5) is 17.2 Å². The van der Waals surface area contributed by atoms with Crippen LogP contribution < -0.4 is 25.3 Å². The largest absolute Gasteiger partial charge is 0.368 e. The van der Waals surface area contributed by atoms with E-state index in [-0.39, 0.29) is 5.91 Å². The van der Waals surface area contributed by atoms with Crippen molar-refractivity contribution in [3.63, 3.8) is 0 Å². The molecule has 1 saturated carbocycles. The highest BCUT2D eigenvalue weighted by atomic mass is 32.2. The summed E-state index contributed by atoms with van der Waals surface area (Å²) >= 11 is 0. The molecule has 0 bridgehead atoms. The third kappa shape index (κ3) is 8.82. The number of hydrogen-bond acceptors (Lipinski definition) is 12. The van der Waals surface area contributed by atoms with Crippen LogP contribution in [0.25, 0.3) is 33.2 Å². The Morgan fingerprint density at radius 2 is 1.46 bits per heavy atom. The molecule has 0 radical (unpaired) electrons. The number of nitrogens with zero attached hydrogens (tertiary/aromatic N) is 10. The van der Waals surface area contributed by atoms with Gasteiger partial charge in [0.15, 0.2) is 15.7 Å². The molecule has 0 unspecified atom stereocenters.